The number of fused-ring (bicyclic) bond motifs is 3. The number of hydrogen-bond acceptors (Lipinski definition) is 0. The van der Waals surface area contributed by atoms with Crippen molar-refractivity contribution < 1.29 is 0 Å². The van der Waals surface area contributed by atoms with E-state index in [2.05, 4.69) is 97.9 Å². The van der Waals surface area contributed by atoms with Gasteiger partial charge < -0.3 is 0 Å². The van der Waals surface area contributed by atoms with Gasteiger partial charge >= 0.3 is 0 Å². The van der Waals surface area contributed by atoms with Crippen LogP contribution in [0.15, 0.2) is 91.0 Å². The zero-order valence-corrected chi connectivity index (χ0v) is 16.3. The van der Waals surface area contributed by atoms with E-state index in [9.17, 15) is 0 Å². The van der Waals surface area contributed by atoms with Gasteiger partial charge in [-0.15, -0.1) is 0 Å². The number of rotatable bonds is 4. The molecule has 0 nitrogen and oxygen atoms in total. The van der Waals surface area contributed by atoms with Crippen molar-refractivity contribution in [2.45, 2.75) is 26.2 Å². The van der Waals surface area contributed by atoms with E-state index in [1.165, 1.54) is 50.1 Å². The summed E-state index contributed by atoms with van der Waals surface area (Å²) in [6, 6.07) is 33.2. The Morgan fingerprint density at radius 1 is 0.643 bits per heavy atom. The zero-order chi connectivity index (χ0) is 18.9. The Hall–Kier alpha value is -3.12. The summed E-state index contributed by atoms with van der Waals surface area (Å²) in [5.41, 5.74) is 12.7. The molecular formula is C28H24. The number of benzene rings is 4. The minimum absolute atomic E-state index is 1.03. The van der Waals surface area contributed by atoms with Crippen molar-refractivity contribution in [2.24, 2.45) is 0 Å². The maximum atomic E-state index is 2.45. The Labute approximate surface area is 167 Å². The second-order valence-corrected chi connectivity index (χ2v) is 7.62. The quantitative estimate of drug-likeness (QED) is 0.310. The van der Waals surface area contributed by atoms with E-state index in [-0.39, 0.29) is 0 Å². The molecule has 28 heavy (non-hydrogen) atoms. The third-order valence-corrected chi connectivity index (χ3v) is 5.86. The lowest BCUT2D eigenvalue weighted by molar-refractivity contribution is 0.923. The van der Waals surface area contributed by atoms with Gasteiger partial charge in [-0.25, -0.2) is 0 Å². The van der Waals surface area contributed by atoms with Crippen LogP contribution in [0.5, 0.6) is 0 Å². The van der Waals surface area contributed by atoms with Crippen LogP contribution < -0.4 is 0 Å². The largest absolute Gasteiger partial charge is 0.0651 e. The van der Waals surface area contributed by atoms with Crippen molar-refractivity contribution in [3.05, 3.63) is 108 Å². The summed E-state index contributed by atoms with van der Waals surface area (Å²) >= 11 is 0. The zero-order valence-electron chi connectivity index (χ0n) is 16.3. The first kappa shape index (κ1) is 17.0. The lowest BCUT2D eigenvalue weighted by atomic mass is 9.83. The highest BCUT2D eigenvalue weighted by Gasteiger charge is 2.26. The monoisotopic (exact) mass is 360 g/mol. The molecule has 4 aromatic rings. The smallest absolute Gasteiger partial charge is 0.000718 e. The molecule has 1 aliphatic carbocycles. The van der Waals surface area contributed by atoms with Gasteiger partial charge in [-0.2, -0.15) is 0 Å². The molecule has 0 fully saturated rings. The molecule has 0 bridgehead atoms. The van der Waals surface area contributed by atoms with Crippen molar-refractivity contribution >= 4 is 0 Å². The predicted molar refractivity (Wildman–Crippen MR) is 120 cm³/mol. The molecule has 5 rings (SSSR count). The highest BCUT2D eigenvalue weighted by atomic mass is 14.3. The molecule has 0 radical (unpaired) electrons. The lowest BCUT2D eigenvalue weighted by Gasteiger charge is -2.20. The molecule has 0 aliphatic heterocycles. The second-order valence-electron chi connectivity index (χ2n) is 7.62. The molecule has 1 aliphatic rings. The highest BCUT2D eigenvalue weighted by Crippen LogP contribution is 2.47. The van der Waals surface area contributed by atoms with Gasteiger partial charge in [0.25, 0.3) is 0 Å². The summed E-state index contributed by atoms with van der Waals surface area (Å²) in [5.74, 6) is 0. The molecule has 0 saturated heterocycles. The average Bonchev–Trinajstić information content (AvgIpc) is 3.13. The summed E-state index contributed by atoms with van der Waals surface area (Å²) in [6.45, 7) is 2.28. The fourth-order valence-electron chi connectivity index (χ4n) is 4.66. The first-order valence-electron chi connectivity index (χ1n) is 10.2. The SMILES string of the molecule is CCCc1c(-c2ccccc2)cc2c(c1-c1ccccc1)Cc1ccccc1-2. The summed E-state index contributed by atoms with van der Waals surface area (Å²) < 4.78 is 0. The van der Waals surface area contributed by atoms with Gasteiger partial charge in [0.15, 0.2) is 0 Å². The van der Waals surface area contributed by atoms with Crippen LogP contribution >= 0.6 is 0 Å². The Balaban J connectivity index is 1.87. The van der Waals surface area contributed by atoms with Crippen molar-refractivity contribution in [3.63, 3.8) is 0 Å². The van der Waals surface area contributed by atoms with Crippen LogP contribution in [0.3, 0.4) is 0 Å². The first-order chi connectivity index (χ1) is 13.9. The van der Waals surface area contributed by atoms with Crippen molar-refractivity contribution in [2.75, 3.05) is 0 Å². The van der Waals surface area contributed by atoms with Crippen LogP contribution in [0.25, 0.3) is 33.4 Å². The molecule has 0 aromatic heterocycles. The van der Waals surface area contributed by atoms with Crippen LogP contribution in [-0.4, -0.2) is 0 Å². The standard InChI is InChI=1S/C28H24/c1-2-11-24-25(20-12-5-3-6-13-20)19-26-23-17-10-9-16-22(23)18-27(26)28(24)21-14-7-4-8-15-21/h3-10,12-17,19H,2,11,18H2,1H3. The van der Waals surface area contributed by atoms with E-state index in [0.29, 0.717) is 0 Å². The van der Waals surface area contributed by atoms with E-state index in [1.807, 2.05) is 0 Å². The highest BCUT2D eigenvalue weighted by molar-refractivity contribution is 5.92. The molecule has 0 saturated carbocycles. The maximum Gasteiger partial charge on any atom is -0.000718 e. The average molecular weight is 361 g/mol. The Morgan fingerprint density at radius 3 is 2.00 bits per heavy atom. The predicted octanol–water partition coefficient (Wildman–Crippen LogP) is 7.54. The van der Waals surface area contributed by atoms with Gasteiger partial charge in [0, 0.05) is 0 Å². The van der Waals surface area contributed by atoms with Crippen molar-refractivity contribution in [3.8, 4) is 33.4 Å². The van der Waals surface area contributed by atoms with Crippen LogP contribution in [-0.2, 0) is 12.8 Å². The van der Waals surface area contributed by atoms with Crippen molar-refractivity contribution in [1.82, 2.24) is 0 Å². The summed E-state index contributed by atoms with van der Waals surface area (Å²) in [4.78, 5) is 0. The summed E-state index contributed by atoms with van der Waals surface area (Å²) in [5, 5.41) is 0. The molecule has 0 spiro atoms. The van der Waals surface area contributed by atoms with Crippen LogP contribution in [0.1, 0.15) is 30.0 Å². The first-order valence-corrected chi connectivity index (χ1v) is 10.2. The molecule has 0 atom stereocenters. The second kappa shape index (κ2) is 7.13. The molecule has 0 unspecified atom stereocenters. The van der Waals surface area contributed by atoms with Gasteiger partial charge in [0.1, 0.15) is 0 Å². The Morgan fingerprint density at radius 2 is 1.29 bits per heavy atom. The van der Waals surface area contributed by atoms with Crippen LogP contribution in [0, 0.1) is 0 Å². The Kier molecular flexibility index (Phi) is 4.33. The van der Waals surface area contributed by atoms with E-state index in [0.717, 1.165) is 19.3 Å². The molecule has 0 amide bonds. The van der Waals surface area contributed by atoms with Crippen molar-refractivity contribution in [1.29, 1.82) is 0 Å². The van der Waals surface area contributed by atoms with E-state index in [1.54, 1.807) is 0 Å². The normalized spacial score (nSPS) is 11.9. The topological polar surface area (TPSA) is 0 Å². The maximum absolute atomic E-state index is 2.45. The van der Waals surface area contributed by atoms with Crippen LogP contribution in [0.4, 0.5) is 0 Å². The third kappa shape index (κ3) is 2.77. The van der Waals surface area contributed by atoms with Gasteiger partial charge in [-0.3, -0.25) is 0 Å². The van der Waals surface area contributed by atoms with Gasteiger partial charge in [-0.05, 0) is 69.0 Å². The minimum atomic E-state index is 1.03. The molecule has 4 aromatic carbocycles. The number of hydrogen-bond donors (Lipinski definition) is 0. The van der Waals surface area contributed by atoms with E-state index < -0.39 is 0 Å². The fourth-order valence-corrected chi connectivity index (χ4v) is 4.66. The lowest BCUT2D eigenvalue weighted by Crippen LogP contribution is -1.99. The van der Waals surface area contributed by atoms with Gasteiger partial charge in [0.05, 0.1) is 0 Å². The van der Waals surface area contributed by atoms with Crippen LogP contribution in [0.2, 0.25) is 0 Å². The van der Waals surface area contributed by atoms with E-state index in [4.69, 9.17) is 0 Å². The minimum Gasteiger partial charge on any atom is -0.0651 e. The fraction of sp³-hybridized carbons (Fsp3) is 0.143. The molecule has 0 heterocycles. The van der Waals surface area contributed by atoms with E-state index >= 15 is 0 Å². The molecule has 0 N–H and O–H groups in total. The summed E-state index contributed by atoms with van der Waals surface area (Å²) in [6.07, 6.45) is 3.27. The molecule has 136 valence electrons. The van der Waals surface area contributed by atoms with Gasteiger partial charge in [0.2, 0.25) is 0 Å². The summed E-state index contributed by atoms with van der Waals surface area (Å²) in [7, 11) is 0. The Bertz CT molecular complexity index is 1120. The third-order valence-electron chi connectivity index (χ3n) is 5.86. The molecule has 0 heteroatoms. The molecular weight excluding hydrogens is 336 g/mol. The van der Waals surface area contributed by atoms with Gasteiger partial charge in [-0.1, -0.05) is 98.3 Å².